The number of hydrogen-bond donors (Lipinski definition) is 2. The zero-order valence-corrected chi connectivity index (χ0v) is 53.0. The highest BCUT2D eigenvalue weighted by molar-refractivity contribution is 5.81. The van der Waals surface area contributed by atoms with Gasteiger partial charge in [-0.1, -0.05) is 118 Å². The Balaban J connectivity index is 0.000000189. The number of piperidine rings is 2. The SMILES string of the molecule is C.CCO.C[C@H]1CC[C@@]2(O[C@@]3(C)C[C@@]4(C)[C@@H]5CC[C@@]6(C)CC(=O)CC[C@]6(C)[C@@]5(C)CC[C@]4(C)[C@@]3(C)[C@@H]2C)N(C=O)C1.C[C@H]1CC[C@]2([NH2+]C1)O[C@@]1(C)C[C@@]3(C)[C@@H]4CC[C@@]5(C)CC(=O)CC[C@]5(C)[C@@]4(C)CC[C@]3(C)[C@@]1(C)[C@@H]2C.[Cl-]. The summed E-state index contributed by atoms with van der Waals surface area (Å²) in [6, 6.07) is 0. The van der Waals surface area contributed by atoms with Crippen molar-refractivity contribution in [3.8, 4) is 0 Å². The average Bonchev–Trinajstić information content (AvgIpc) is 3.74. The van der Waals surface area contributed by atoms with Crippen molar-refractivity contribution < 1.29 is 46.7 Å². The van der Waals surface area contributed by atoms with E-state index < -0.39 is 5.72 Å². The summed E-state index contributed by atoms with van der Waals surface area (Å²) >= 11 is 0. The van der Waals surface area contributed by atoms with E-state index in [4.69, 9.17) is 14.6 Å². The molecule has 0 radical (unpaired) electrons. The molecule has 2 spiro atoms. The lowest BCUT2D eigenvalue weighted by molar-refractivity contribution is -0.788. The number of ketones is 2. The monoisotopic (exact) mass is 1090 g/mol. The smallest absolute Gasteiger partial charge is 0.211 e. The summed E-state index contributed by atoms with van der Waals surface area (Å²) in [4.78, 5) is 39.8. The number of ether oxygens (including phenoxy) is 2. The number of quaternary nitrogens is 1. The lowest BCUT2D eigenvalue weighted by Crippen LogP contribution is -3.01. The Kier molecular flexibility index (Phi) is 14.9. The second-order valence-electron chi connectivity index (χ2n) is 33.2. The van der Waals surface area contributed by atoms with E-state index >= 15 is 0 Å². The van der Waals surface area contributed by atoms with E-state index in [-0.39, 0.29) is 109 Å². The molecule has 0 bridgehead atoms. The van der Waals surface area contributed by atoms with Crippen molar-refractivity contribution in [2.24, 2.45) is 100 Å². The Morgan fingerprint density at radius 2 is 0.987 bits per heavy atom. The second kappa shape index (κ2) is 18.5. The first-order valence-electron chi connectivity index (χ1n) is 31.6. The molecule has 0 aromatic heterocycles. The lowest BCUT2D eigenvalue weighted by Gasteiger charge is -2.73. The van der Waals surface area contributed by atoms with E-state index in [0.717, 1.165) is 76.7 Å². The summed E-state index contributed by atoms with van der Waals surface area (Å²) in [6.45, 7) is 49.8. The Labute approximate surface area is 477 Å². The van der Waals surface area contributed by atoms with Crippen LogP contribution < -0.4 is 17.7 Å². The van der Waals surface area contributed by atoms with Gasteiger partial charge in [-0.3, -0.25) is 14.4 Å². The van der Waals surface area contributed by atoms with Gasteiger partial charge in [-0.15, -0.1) is 0 Å². The van der Waals surface area contributed by atoms with Crippen LogP contribution in [0.5, 0.6) is 0 Å². The predicted molar refractivity (Wildman–Crippen MR) is 307 cm³/mol. The summed E-state index contributed by atoms with van der Waals surface area (Å²) in [5, 5.41) is 10.2. The average molecular weight is 1090 g/mol. The van der Waals surface area contributed by atoms with E-state index in [2.05, 4.69) is 135 Å². The van der Waals surface area contributed by atoms with Crippen LogP contribution in [-0.2, 0) is 23.9 Å². The van der Waals surface area contributed by atoms with Crippen LogP contribution in [0, 0.1) is 100 Å². The number of amides is 1. The molecule has 9 heteroatoms. The minimum Gasteiger partial charge on any atom is -1.00 e. The maximum atomic E-state index is 12.7. The number of carbonyl (C=O) groups is 3. The third-order valence-corrected chi connectivity index (χ3v) is 31.9. The number of fused-ring (bicyclic) bond motifs is 14. The van der Waals surface area contributed by atoms with Crippen molar-refractivity contribution >= 4 is 18.0 Å². The fourth-order valence-corrected chi connectivity index (χ4v) is 26.0. The number of rotatable bonds is 1. The van der Waals surface area contributed by atoms with Gasteiger partial charge in [0, 0.05) is 73.8 Å². The van der Waals surface area contributed by atoms with Gasteiger partial charge in [0.2, 0.25) is 12.1 Å². The molecule has 3 N–H and O–H groups in total. The fraction of sp³-hybridized carbons (Fsp3) is 0.956. The molecular formula is C68H117ClN2O6. The number of carbonyl (C=O) groups excluding carboxylic acids is 3. The number of likely N-dealkylation sites (tertiary alicyclic amines) is 1. The van der Waals surface area contributed by atoms with Crippen LogP contribution in [0.2, 0.25) is 0 Å². The van der Waals surface area contributed by atoms with Gasteiger partial charge < -0.3 is 37.2 Å². The molecule has 0 aromatic carbocycles. The van der Waals surface area contributed by atoms with E-state index in [1.807, 2.05) is 0 Å². The molecule has 12 aliphatic rings. The molecule has 442 valence electrons. The maximum absolute atomic E-state index is 12.7. The number of Topliss-reactive ketones (excluding diaryl/α,β-unsaturated/α-hetero) is 2. The van der Waals surface area contributed by atoms with E-state index in [1.54, 1.807) is 6.92 Å². The number of hydrogen-bond acceptors (Lipinski definition) is 6. The number of aliphatic hydroxyl groups is 1. The molecule has 4 aliphatic heterocycles. The van der Waals surface area contributed by atoms with Crippen LogP contribution in [0.25, 0.3) is 0 Å². The number of nitrogens with two attached hydrogens (primary N) is 1. The molecule has 12 fully saturated rings. The molecule has 0 aromatic rings. The molecule has 12 rings (SSSR count). The largest absolute Gasteiger partial charge is 1.00 e. The van der Waals surface area contributed by atoms with E-state index in [9.17, 15) is 14.4 Å². The Morgan fingerprint density at radius 3 is 1.42 bits per heavy atom. The topological polar surface area (TPSA) is 110 Å². The second-order valence-corrected chi connectivity index (χ2v) is 33.2. The molecule has 8 saturated carbocycles. The van der Waals surface area contributed by atoms with Gasteiger partial charge in [-0.05, 0) is 189 Å². The highest BCUT2D eigenvalue weighted by Crippen LogP contribution is 2.88. The zero-order chi connectivity index (χ0) is 55.3. The first kappa shape index (κ1) is 62.0. The van der Waals surface area contributed by atoms with Crippen LogP contribution in [-0.4, -0.2) is 70.3 Å². The fourth-order valence-electron chi connectivity index (χ4n) is 26.0. The van der Waals surface area contributed by atoms with Crippen molar-refractivity contribution in [3.05, 3.63) is 0 Å². The predicted octanol–water partition coefficient (Wildman–Crippen LogP) is 11.5. The first-order chi connectivity index (χ1) is 34.5. The maximum Gasteiger partial charge on any atom is 0.211 e. The van der Waals surface area contributed by atoms with Gasteiger partial charge in [-0.2, -0.15) is 0 Å². The van der Waals surface area contributed by atoms with Crippen LogP contribution in [0.15, 0.2) is 0 Å². The van der Waals surface area contributed by atoms with Gasteiger partial charge >= 0.3 is 0 Å². The third-order valence-electron chi connectivity index (χ3n) is 31.9. The molecule has 4 saturated heterocycles. The van der Waals surface area contributed by atoms with Crippen molar-refractivity contribution in [1.82, 2.24) is 4.90 Å². The molecule has 1 amide bonds. The van der Waals surface area contributed by atoms with Crippen molar-refractivity contribution in [2.45, 2.75) is 290 Å². The molecule has 77 heavy (non-hydrogen) atoms. The van der Waals surface area contributed by atoms with Gasteiger partial charge in [-0.25, -0.2) is 0 Å². The molecule has 8 nitrogen and oxygen atoms in total. The van der Waals surface area contributed by atoms with Crippen LogP contribution >= 0.6 is 0 Å². The minimum atomic E-state index is -0.469. The number of aliphatic hydroxyl groups excluding tert-OH is 1. The van der Waals surface area contributed by atoms with Crippen LogP contribution in [0.3, 0.4) is 0 Å². The summed E-state index contributed by atoms with van der Waals surface area (Å²) in [5.74, 6) is 4.51. The van der Waals surface area contributed by atoms with Gasteiger partial charge in [0.15, 0.2) is 0 Å². The quantitative estimate of drug-likeness (QED) is 0.253. The lowest BCUT2D eigenvalue weighted by atomic mass is 9.31. The molecule has 0 unspecified atom stereocenters. The van der Waals surface area contributed by atoms with E-state index in [0.29, 0.717) is 40.7 Å². The Hall–Kier alpha value is -1.06. The Morgan fingerprint density at radius 1 is 0.558 bits per heavy atom. The van der Waals surface area contributed by atoms with Crippen molar-refractivity contribution in [3.63, 3.8) is 0 Å². The number of halogens is 1. The van der Waals surface area contributed by atoms with Gasteiger partial charge in [0.1, 0.15) is 17.3 Å². The number of nitrogens with zero attached hydrogens (tertiary/aromatic N) is 1. The highest BCUT2D eigenvalue weighted by atomic mass is 35.5. The van der Waals surface area contributed by atoms with Gasteiger partial charge in [0.25, 0.3) is 0 Å². The molecular weight excluding hydrogens is 976 g/mol. The molecule has 8 aliphatic carbocycles. The standard InChI is InChI=1S/C33H53NO3.C32H53NO2.C2H6O.CH4.ClH/c1-22-10-15-33(34(19-22)21-35)23(2)32(9)30(7)17-16-27(4)25(28(30,5)20-31(32,8)37-33)12-13-26(3)18-24(36)11-14-29(26,27)6;1-21-10-15-32(33-19-21)22(2)31(9)29(7)17-16-26(4)24(27(29,5)20-30(31,8)35-32)12-13-25(3)18-23(34)11-14-28(25,26)6;1-2-3;;/h21-23,25H,10-20H2,1-9H3;21-22,24,33H,10-20H2,1-9H3;3H,2H2,1H3;1H4;1H/t22-,23-,25+,26-,27-,28-,29-,30-,31-,32+,33-;21-,22-,24+,25-,26-,27-,28-,29-,30-,31+,32-;;;/m00.../s1. The first-order valence-corrected chi connectivity index (χ1v) is 31.6. The summed E-state index contributed by atoms with van der Waals surface area (Å²) in [6.07, 6.45) is 23.3. The summed E-state index contributed by atoms with van der Waals surface area (Å²) in [5.41, 5.74) is 1.46. The third kappa shape index (κ3) is 6.98. The van der Waals surface area contributed by atoms with Crippen LogP contribution in [0.1, 0.15) is 267 Å². The molecule has 4 heterocycles. The normalized spacial score (nSPS) is 58.6. The van der Waals surface area contributed by atoms with Gasteiger partial charge in [0.05, 0.1) is 17.7 Å². The zero-order valence-electron chi connectivity index (χ0n) is 52.2. The van der Waals surface area contributed by atoms with E-state index in [1.165, 1.54) is 77.2 Å². The summed E-state index contributed by atoms with van der Waals surface area (Å²) in [7, 11) is 0. The Bertz CT molecular complexity index is 2340. The minimum absolute atomic E-state index is 0. The van der Waals surface area contributed by atoms with Crippen LogP contribution in [0.4, 0.5) is 0 Å². The molecule has 22 atom stereocenters. The van der Waals surface area contributed by atoms with Crippen molar-refractivity contribution in [1.29, 1.82) is 0 Å². The summed E-state index contributed by atoms with van der Waals surface area (Å²) < 4.78 is 14.9. The highest BCUT2D eigenvalue weighted by Gasteiger charge is 2.86. The van der Waals surface area contributed by atoms with Crippen molar-refractivity contribution in [2.75, 3.05) is 19.7 Å².